The van der Waals surface area contributed by atoms with Crippen LogP contribution in [0.2, 0.25) is 0 Å². The fourth-order valence-electron chi connectivity index (χ4n) is 3.69. The third kappa shape index (κ3) is 4.24. The van der Waals surface area contributed by atoms with Gasteiger partial charge in [-0.1, -0.05) is 18.6 Å². The predicted octanol–water partition coefficient (Wildman–Crippen LogP) is 2.34. The van der Waals surface area contributed by atoms with Gasteiger partial charge in [0, 0.05) is 11.3 Å². The topological polar surface area (TPSA) is 71.8 Å². The van der Waals surface area contributed by atoms with Crippen LogP contribution < -0.4 is 10.6 Å². The fourth-order valence-corrected chi connectivity index (χ4v) is 4.89. The maximum Gasteiger partial charge on any atom is 0.274 e. The van der Waals surface area contributed by atoms with Crippen molar-refractivity contribution in [2.45, 2.75) is 63.3 Å². The molecule has 2 fully saturated rings. The summed E-state index contributed by atoms with van der Waals surface area (Å²) in [5.74, 6) is 1.04. The molecule has 1 aromatic heterocycles. The summed E-state index contributed by atoms with van der Waals surface area (Å²) in [5, 5.41) is 15.5. The summed E-state index contributed by atoms with van der Waals surface area (Å²) < 4.78 is 1.95. The second-order valence-corrected chi connectivity index (χ2v) is 7.97. The van der Waals surface area contributed by atoms with E-state index in [2.05, 4.69) is 27.9 Å². The maximum atomic E-state index is 12.6. The van der Waals surface area contributed by atoms with E-state index in [1.54, 1.807) is 0 Å². The summed E-state index contributed by atoms with van der Waals surface area (Å²) in [6.07, 6.45) is 5.56. The third-order valence-electron chi connectivity index (χ3n) is 4.95. The van der Waals surface area contributed by atoms with Crippen LogP contribution >= 0.6 is 24.2 Å². The lowest BCUT2D eigenvalue weighted by Crippen LogP contribution is -2.39. The van der Waals surface area contributed by atoms with E-state index in [9.17, 15) is 4.79 Å². The highest BCUT2D eigenvalue weighted by Crippen LogP contribution is 2.30. The Hall–Kier alpha value is -0.790. The molecule has 1 aliphatic carbocycles. The first-order valence-corrected chi connectivity index (χ1v) is 9.80. The largest absolute Gasteiger partial charge is 0.347 e. The second-order valence-electron chi connectivity index (χ2n) is 6.45. The molecule has 1 amide bonds. The van der Waals surface area contributed by atoms with Crippen molar-refractivity contribution in [2.24, 2.45) is 0 Å². The van der Waals surface area contributed by atoms with Gasteiger partial charge in [0.05, 0.1) is 11.7 Å². The van der Waals surface area contributed by atoms with Crippen LogP contribution in [-0.2, 0) is 0 Å². The molecule has 8 heteroatoms. The van der Waals surface area contributed by atoms with Gasteiger partial charge in [0.15, 0.2) is 5.69 Å². The van der Waals surface area contributed by atoms with Crippen molar-refractivity contribution >= 4 is 30.1 Å². The molecule has 2 N–H and O–H groups in total. The predicted molar refractivity (Wildman–Crippen MR) is 100 cm³/mol. The first-order valence-electron chi connectivity index (χ1n) is 8.75. The number of hydrogen-bond acceptors (Lipinski definition) is 5. The van der Waals surface area contributed by atoms with E-state index in [-0.39, 0.29) is 24.4 Å². The van der Waals surface area contributed by atoms with Gasteiger partial charge in [-0.05, 0) is 51.4 Å². The van der Waals surface area contributed by atoms with Gasteiger partial charge in [-0.25, -0.2) is 4.68 Å². The smallest absolute Gasteiger partial charge is 0.274 e. The number of halogens is 1. The molecule has 2 atom stereocenters. The monoisotopic (exact) mass is 373 g/mol. The second kappa shape index (κ2) is 9.06. The van der Waals surface area contributed by atoms with Crippen LogP contribution in [0.3, 0.4) is 0 Å². The molecule has 1 aliphatic heterocycles. The van der Waals surface area contributed by atoms with Crippen LogP contribution in [0, 0.1) is 6.92 Å². The number of nitrogens with one attached hydrogen (secondary N) is 2. The Kier molecular flexibility index (Phi) is 7.37. The first kappa shape index (κ1) is 19.5. The van der Waals surface area contributed by atoms with Gasteiger partial charge in [0.2, 0.25) is 0 Å². The number of hydrogen-bond donors (Lipinski definition) is 2. The summed E-state index contributed by atoms with van der Waals surface area (Å²) in [6.45, 7) is 6.15. The number of carbonyl (C=O) groups is 1. The Balaban J connectivity index is 0.00000208. The van der Waals surface area contributed by atoms with Crippen molar-refractivity contribution in [1.29, 1.82) is 0 Å². The molecule has 6 nitrogen and oxygen atoms in total. The van der Waals surface area contributed by atoms with Gasteiger partial charge in [-0.2, -0.15) is 11.8 Å². The van der Waals surface area contributed by atoms with Crippen LogP contribution in [0.5, 0.6) is 0 Å². The van der Waals surface area contributed by atoms with Gasteiger partial charge in [-0.3, -0.25) is 4.79 Å². The Labute approximate surface area is 154 Å². The average molecular weight is 374 g/mol. The summed E-state index contributed by atoms with van der Waals surface area (Å²) in [7, 11) is 0. The summed E-state index contributed by atoms with van der Waals surface area (Å²) in [4.78, 5) is 12.6. The van der Waals surface area contributed by atoms with Crippen molar-refractivity contribution in [2.75, 3.05) is 18.8 Å². The molecular weight excluding hydrogens is 346 g/mol. The van der Waals surface area contributed by atoms with Gasteiger partial charge in [0.1, 0.15) is 0 Å². The number of piperidine rings is 1. The van der Waals surface area contributed by atoms with Crippen LogP contribution in [0.4, 0.5) is 0 Å². The van der Waals surface area contributed by atoms with Crippen LogP contribution in [0.1, 0.15) is 61.3 Å². The molecule has 0 aromatic carbocycles. The third-order valence-corrected chi connectivity index (χ3v) is 6.27. The highest BCUT2D eigenvalue weighted by Gasteiger charge is 2.30. The lowest BCUT2D eigenvalue weighted by Gasteiger charge is -2.23. The standard InChI is InChI=1S/C16H27N5OS.ClH/c1-3-23-14-6-4-5-13(14)18-16(22)15-11(2)21(20-19-15)12-7-9-17-10-8-12;/h12-14,17H,3-10H2,1-2H3,(H,18,22);1H. The molecule has 1 saturated carbocycles. The molecule has 1 saturated heterocycles. The first-order chi connectivity index (χ1) is 11.2. The molecule has 1 aromatic rings. The molecule has 24 heavy (non-hydrogen) atoms. The zero-order valence-corrected chi connectivity index (χ0v) is 16.1. The molecule has 136 valence electrons. The minimum absolute atomic E-state index is 0. The van der Waals surface area contributed by atoms with E-state index in [1.165, 1.54) is 12.8 Å². The number of nitrogens with zero attached hydrogens (tertiary/aromatic N) is 3. The molecule has 2 unspecified atom stereocenters. The van der Waals surface area contributed by atoms with E-state index >= 15 is 0 Å². The Morgan fingerprint density at radius 1 is 1.33 bits per heavy atom. The van der Waals surface area contributed by atoms with Crippen molar-refractivity contribution < 1.29 is 4.79 Å². The van der Waals surface area contributed by atoms with Crippen molar-refractivity contribution in [3.05, 3.63) is 11.4 Å². The molecule has 0 radical (unpaired) electrons. The van der Waals surface area contributed by atoms with E-state index in [0.29, 0.717) is 17.0 Å². The highest BCUT2D eigenvalue weighted by atomic mass is 35.5. The van der Waals surface area contributed by atoms with Crippen molar-refractivity contribution in [3.63, 3.8) is 0 Å². The molecule has 0 spiro atoms. The Bertz CT molecular complexity index is 547. The fraction of sp³-hybridized carbons (Fsp3) is 0.812. The zero-order valence-electron chi connectivity index (χ0n) is 14.5. The molecule has 0 bridgehead atoms. The molecule has 3 rings (SSSR count). The normalized spacial score (nSPS) is 24.6. The van der Waals surface area contributed by atoms with Gasteiger partial charge >= 0.3 is 0 Å². The van der Waals surface area contributed by atoms with E-state index in [0.717, 1.165) is 43.8 Å². The summed E-state index contributed by atoms with van der Waals surface area (Å²) >= 11 is 1.95. The minimum atomic E-state index is -0.0590. The lowest BCUT2D eigenvalue weighted by atomic mass is 10.1. The number of rotatable bonds is 5. The highest BCUT2D eigenvalue weighted by molar-refractivity contribution is 7.99. The Morgan fingerprint density at radius 3 is 2.79 bits per heavy atom. The summed E-state index contributed by atoms with van der Waals surface area (Å²) in [5.41, 5.74) is 1.39. The van der Waals surface area contributed by atoms with E-state index < -0.39 is 0 Å². The van der Waals surface area contributed by atoms with E-state index in [4.69, 9.17) is 0 Å². The van der Waals surface area contributed by atoms with Crippen molar-refractivity contribution in [1.82, 2.24) is 25.6 Å². The maximum absolute atomic E-state index is 12.6. The van der Waals surface area contributed by atoms with Crippen molar-refractivity contribution in [3.8, 4) is 0 Å². The molecular formula is C16H28ClN5OS. The van der Waals surface area contributed by atoms with Crippen LogP contribution in [0.15, 0.2) is 0 Å². The average Bonchev–Trinajstić information content (AvgIpc) is 3.15. The quantitative estimate of drug-likeness (QED) is 0.828. The molecule has 2 heterocycles. The minimum Gasteiger partial charge on any atom is -0.347 e. The van der Waals surface area contributed by atoms with Gasteiger partial charge in [-0.15, -0.1) is 17.5 Å². The Morgan fingerprint density at radius 2 is 2.08 bits per heavy atom. The lowest BCUT2D eigenvalue weighted by molar-refractivity contribution is 0.0933. The van der Waals surface area contributed by atoms with E-state index in [1.807, 2.05) is 23.4 Å². The zero-order chi connectivity index (χ0) is 16.2. The van der Waals surface area contributed by atoms with Crippen LogP contribution in [0.25, 0.3) is 0 Å². The number of carbonyl (C=O) groups excluding carboxylic acids is 1. The van der Waals surface area contributed by atoms with Crippen LogP contribution in [-0.4, -0.2) is 51.0 Å². The molecule has 2 aliphatic rings. The number of thioether (sulfide) groups is 1. The summed E-state index contributed by atoms with van der Waals surface area (Å²) in [6, 6.07) is 0.635. The van der Waals surface area contributed by atoms with Gasteiger partial charge in [0.25, 0.3) is 5.91 Å². The number of aromatic nitrogens is 3. The number of amides is 1. The SMILES string of the molecule is CCSC1CCCC1NC(=O)c1nnn(C2CCNCC2)c1C.Cl. The van der Waals surface area contributed by atoms with Gasteiger partial charge < -0.3 is 10.6 Å².